The average Bonchev–Trinajstić information content (AvgIpc) is 2.96. The number of carbonyl (C=O) groups excluding carboxylic acids is 1. The highest BCUT2D eigenvalue weighted by Crippen LogP contribution is 2.17. The molecule has 2 rings (SSSR count). The van der Waals surface area contributed by atoms with E-state index in [2.05, 4.69) is 5.10 Å². The van der Waals surface area contributed by atoms with Crippen molar-refractivity contribution in [1.82, 2.24) is 14.7 Å². The largest absolute Gasteiger partial charge is 0.394 e. The molecule has 1 aliphatic heterocycles. The normalized spacial score (nSPS) is 19.2. The van der Waals surface area contributed by atoms with Crippen LogP contribution in [0.2, 0.25) is 0 Å². The maximum atomic E-state index is 11.9. The van der Waals surface area contributed by atoms with Crippen LogP contribution < -0.4 is 0 Å². The Hall–Kier alpha value is -1.96. The molecule has 1 aliphatic rings. The maximum Gasteiger partial charge on any atom is 0.307 e. The van der Waals surface area contributed by atoms with Crippen LogP contribution in [0, 0.1) is 10.1 Å². The third-order valence-electron chi connectivity index (χ3n) is 3.04. The first-order chi connectivity index (χ1) is 8.61. The maximum absolute atomic E-state index is 11.9. The van der Waals surface area contributed by atoms with Crippen LogP contribution in [0.1, 0.15) is 12.8 Å². The molecule has 0 aromatic carbocycles. The summed E-state index contributed by atoms with van der Waals surface area (Å²) in [6, 6.07) is -0.136. The van der Waals surface area contributed by atoms with Crippen LogP contribution in [0.4, 0.5) is 5.69 Å². The summed E-state index contributed by atoms with van der Waals surface area (Å²) in [6.07, 6.45) is 4.00. The van der Waals surface area contributed by atoms with Gasteiger partial charge in [0.15, 0.2) is 0 Å². The molecule has 1 atom stereocenters. The number of rotatable bonds is 4. The molecule has 0 spiro atoms. The fourth-order valence-corrected chi connectivity index (χ4v) is 2.12. The van der Waals surface area contributed by atoms with Gasteiger partial charge >= 0.3 is 5.69 Å². The Kier molecular flexibility index (Phi) is 3.56. The van der Waals surface area contributed by atoms with Gasteiger partial charge in [-0.2, -0.15) is 5.10 Å². The number of aromatic nitrogens is 2. The van der Waals surface area contributed by atoms with Crippen LogP contribution >= 0.6 is 0 Å². The van der Waals surface area contributed by atoms with Crippen molar-refractivity contribution < 1.29 is 14.8 Å². The number of likely N-dealkylation sites (tertiary alicyclic amines) is 1. The molecule has 18 heavy (non-hydrogen) atoms. The van der Waals surface area contributed by atoms with E-state index in [9.17, 15) is 14.9 Å². The quantitative estimate of drug-likeness (QED) is 0.591. The fraction of sp³-hybridized carbons (Fsp3) is 0.600. The lowest BCUT2D eigenvalue weighted by atomic mass is 10.2. The lowest BCUT2D eigenvalue weighted by molar-refractivity contribution is -0.385. The molecular weight excluding hydrogens is 240 g/mol. The van der Waals surface area contributed by atoms with E-state index < -0.39 is 4.92 Å². The minimum absolute atomic E-state index is 0.0374. The number of hydrogen-bond donors (Lipinski definition) is 1. The van der Waals surface area contributed by atoms with Gasteiger partial charge in [-0.15, -0.1) is 0 Å². The average molecular weight is 254 g/mol. The Labute approximate surface area is 103 Å². The van der Waals surface area contributed by atoms with Gasteiger partial charge in [0.1, 0.15) is 18.9 Å². The van der Waals surface area contributed by atoms with Gasteiger partial charge in [0.25, 0.3) is 0 Å². The Morgan fingerprint density at radius 2 is 2.44 bits per heavy atom. The SMILES string of the molecule is O=C(Cn1cc([N+](=O)[O-])cn1)N1CCC[C@@H]1CO. The number of nitrogens with zero attached hydrogens (tertiary/aromatic N) is 4. The number of hydrogen-bond acceptors (Lipinski definition) is 5. The second-order valence-electron chi connectivity index (χ2n) is 4.22. The smallest absolute Gasteiger partial charge is 0.307 e. The summed E-state index contributed by atoms with van der Waals surface area (Å²) in [5, 5.41) is 23.4. The van der Waals surface area contributed by atoms with Crippen molar-refractivity contribution in [3.63, 3.8) is 0 Å². The summed E-state index contributed by atoms with van der Waals surface area (Å²) in [7, 11) is 0. The van der Waals surface area contributed by atoms with Crippen molar-refractivity contribution in [2.24, 2.45) is 0 Å². The first kappa shape index (κ1) is 12.5. The second kappa shape index (κ2) is 5.13. The van der Waals surface area contributed by atoms with Crippen molar-refractivity contribution >= 4 is 11.6 Å². The molecule has 0 bridgehead atoms. The summed E-state index contributed by atoms with van der Waals surface area (Å²) in [4.78, 5) is 23.5. The van der Waals surface area contributed by atoms with E-state index >= 15 is 0 Å². The molecule has 8 nitrogen and oxygen atoms in total. The molecular formula is C10H14N4O4. The van der Waals surface area contributed by atoms with Crippen molar-refractivity contribution in [2.75, 3.05) is 13.2 Å². The Morgan fingerprint density at radius 3 is 3.06 bits per heavy atom. The third-order valence-corrected chi connectivity index (χ3v) is 3.04. The predicted molar refractivity (Wildman–Crippen MR) is 60.7 cm³/mol. The van der Waals surface area contributed by atoms with Crippen molar-refractivity contribution in [2.45, 2.75) is 25.4 Å². The highest BCUT2D eigenvalue weighted by Gasteiger charge is 2.28. The van der Waals surface area contributed by atoms with Crippen molar-refractivity contribution in [3.8, 4) is 0 Å². The molecule has 1 saturated heterocycles. The van der Waals surface area contributed by atoms with Crippen molar-refractivity contribution in [1.29, 1.82) is 0 Å². The monoisotopic (exact) mass is 254 g/mol. The van der Waals surface area contributed by atoms with Gasteiger partial charge in [-0.05, 0) is 12.8 Å². The molecule has 0 unspecified atom stereocenters. The molecule has 0 aliphatic carbocycles. The van der Waals surface area contributed by atoms with E-state index in [1.165, 1.54) is 10.9 Å². The number of amides is 1. The molecule has 1 N–H and O–H groups in total. The van der Waals surface area contributed by atoms with Crippen molar-refractivity contribution in [3.05, 3.63) is 22.5 Å². The highest BCUT2D eigenvalue weighted by molar-refractivity contribution is 5.76. The zero-order valence-corrected chi connectivity index (χ0v) is 9.73. The molecule has 8 heteroatoms. The lowest BCUT2D eigenvalue weighted by Gasteiger charge is -2.22. The molecule has 0 radical (unpaired) electrons. The molecule has 1 amide bonds. The van der Waals surface area contributed by atoms with Crippen LogP contribution in [0.15, 0.2) is 12.4 Å². The number of nitro groups is 1. The van der Waals surface area contributed by atoms with Crippen LogP contribution in [-0.2, 0) is 11.3 Å². The standard InChI is InChI=1S/C10H14N4O4/c15-7-8-2-1-3-13(8)10(16)6-12-5-9(4-11-12)14(17)18/h4-5,8,15H,1-3,6-7H2/t8-/m1/s1. The summed E-state index contributed by atoms with van der Waals surface area (Å²) in [5.41, 5.74) is -0.136. The van der Waals surface area contributed by atoms with Crippen LogP contribution in [0.25, 0.3) is 0 Å². The Bertz CT molecular complexity index is 458. The second-order valence-corrected chi connectivity index (χ2v) is 4.22. The van der Waals surface area contributed by atoms with Gasteiger partial charge in [0.2, 0.25) is 5.91 Å². The third kappa shape index (κ3) is 2.48. The Balaban J connectivity index is 2.00. The van der Waals surface area contributed by atoms with Crippen LogP contribution in [0.3, 0.4) is 0 Å². The zero-order valence-electron chi connectivity index (χ0n) is 9.73. The molecule has 0 saturated carbocycles. The highest BCUT2D eigenvalue weighted by atomic mass is 16.6. The van der Waals surface area contributed by atoms with E-state index in [0.29, 0.717) is 6.54 Å². The first-order valence-corrected chi connectivity index (χ1v) is 5.69. The molecule has 1 aromatic rings. The summed E-state index contributed by atoms with van der Waals surface area (Å²) in [6.45, 7) is 0.531. The van der Waals surface area contributed by atoms with Gasteiger partial charge in [-0.25, -0.2) is 0 Å². The first-order valence-electron chi connectivity index (χ1n) is 5.69. The van der Waals surface area contributed by atoms with Gasteiger partial charge in [-0.1, -0.05) is 0 Å². The number of aliphatic hydroxyl groups excluding tert-OH is 1. The molecule has 1 fully saturated rings. The van der Waals surface area contributed by atoms with Crippen LogP contribution in [-0.4, -0.2) is 49.8 Å². The minimum Gasteiger partial charge on any atom is -0.394 e. The van der Waals surface area contributed by atoms with Gasteiger partial charge in [0, 0.05) is 6.54 Å². The topological polar surface area (TPSA) is 102 Å². The number of carbonyl (C=O) groups is 1. The molecule has 98 valence electrons. The molecule has 1 aromatic heterocycles. The van der Waals surface area contributed by atoms with Gasteiger partial charge in [-0.3, -0.25) is 19.6 Å². The lowest BCUT2D eigenvalue weighted by Crippen LogP contribution is -2.39. The number of aliphatic hydroxyl groups is 1. The van der Waals surface area contributed by atoms with E-state index in [-0.39, 0.29) is 30.8 Å². The van der Waals surface area contributed by atoms with E-state index in [1.54, 1.807) is 4.90 Å². The van der Waals surface area contributed by atoms with E-state index in [1.807, 2.05) is 0 Å². The van der Waals surface area contributed by atoms with E-state index in [0.717, 1.165) is 19.0 Å². The summed E-state index contributed by atoms with van der Waals surface area (Å²) < 4.78 is 1.24. The van der Waals surface area contributed by atoms with Gasteiger partial charge < -0.3 is 10.0 Å². The predicted octanol–water partition coefficient (Wildman–Crippen LogP) is -0.225. The summed E-state index contributed by atoms with van der Waals surface area (Å²) >= 11 is 0. The fourth-order valence-electron chi connectivity index (χ4n) is 2.12. The summed E-state index contributed by atoms with van der Waals surface area (Å²) in [5.74, 6) is -0.176. The van der Waals surface area contributed by atoms with Crippen LogP contribution in [0.5, 0.6) is 0 Å². The Morgan fingerprint density at radius 1 is 1.67 bits per heavy atom. The van der Waals surface area contributed by atoms with Gasteiger partial charge in [0.05, 0.1) is 17.6 Å². The molecule has 2 heterocycles. The zero-order chi connectivity index (χ0) is 13.1. The van der Waals surface area contributed by atoms with E-state index in [4.69, 9.17) is 5.11 Å². The minimum atomic E-state index is -0.555.